The van der Waals surface area contributed by atoms with E-state index < -0.39 is 12.2 Å². The Morgan fingerprint density at radius 2 is 1.57 bits per heavy atom. The maximum Gasteiger partial charge on any atom is 0.407 e. The molecule has 0 fully saturated rings. The summed E-state index contributed by atoms with van der Waals surface area (Å²) in [6.07, 6.45) is 21.3. The Morgan fingerprint density at radius 3 is 2.21 bits per heavy atom. The molecule has 0 saturated heterocycles. The first-order chi connectivity index (χ1) is 20.7. The molecule has 0 bridgehead atoms. The van der Waals surface area contributed by atoms with Crippen LogP contribution in [-0.2, 0) is 17.7 Å². The first kappa shape index (κ1) is 32.9. The number of alkyl carbamates (subject to hydrolysis) is 1. The van der Waals surface area contributed by atoms with Gasteiger partial charge in [0, 0.05) is 24.8 Å². The minimum atomic E-state index is -0.637. The number of hydrogen-bond donors (Lipinski definition) is 1. The third-order valence-corrected chi connectivity index (χ3v) is 6.97. The summed E-state index contributed by atoms with van der Waals surface area (Å²) in [6, 6.07) is 8.85. The van der Waals surface area contributed by atoms with Crippen molar-refractivity contribution in [3.63, 3.8) is 0 Å². The van der Waals surface area contributed by atoms with Gasteiger partial charge in [0.15, 0.2) is 6.10 Å². The predicted octanol–water partition coefficient (Wildman–Crippen LogP) is 7.83. The zero-order valence-corrected chi connectivity index (χ0v) is 25.1. The number of aryl methyl sites for hydroxylation is 1. The summed E-state index contributed by atoms with van der Waals surface area (Å²) in [6.45, 7) is 2.54. The summed E-state index contributed by atoms with van der Waals surface area (Å²) in [5.74, 6) is 1.42. The van der Waals surface area contributed by atoms with E-state index in [-0.39, 0.29) is 25.6 Å². The number of nitrogens with zero attached hydrogens (tertiary/aromatic N) is 3. The first-order valence-electron chi connectivity index (χ1n) is 15.7. The summed E-state index contributed by atoms with van der Waals surface area (Å²) < 4.78 is 27.1. The lowest BCUT2D eigenvalue weighted by Crippen LogP contribution is -2.34. The van der Waals surface area contributed by atoms with Crippen molar-refractivity contribution in [2.24, 2.45) is 0 Å². The molecule has 3 heterocycles. The second-order valence-corrected chi connectivity index (χ2v) is 10.6. The van der Waals surface area contributed by atoms with Gasteiger partial charge in [-0.05, 0) is 28.9 Å². The number of unbranched alkanes of at least 4 members (excludes halogenated alkanes) is 13. The smallest absolute Gasteiger partial charge is 0.407 e. The Hall–Kier alpha value is -3.56. The third-order valence-electron chi connectivity index (χ3n) is 6.97. The average Bonchev–Trinajstić information content (AvgIpc) is 3.70. The van der Waals surface area contributed by atoms with E-state index in [0.29, 0.717) is 5.88 Å². The molecule has 3 aromatic rings. The maximum absolute atomic E-state index is 12.2. The molecule has 1 N–H and O–H groups in total. The van der Waals surface area contributed by atoms with Crippen LogP contribution in [0.4, 0.5) is 4.79 Å². The van der Waals surface area contributed by atoms with E-state index in [9.17, 15) is 4.79 Å². The molecule has 0 saturated carbocycles. The Kier molecular flexibility index (Phi) is 16.6. The van der Waals surface area contributed by atoms with Gasteiger partial charge in [0.1, 0.15) is 25.2 Å². The Bertz CT molecular complexity index is 1060. The molecule has 0 spiro atoms. The van der Waals surface area contributed by atoms with Crippen LogP contribution in [0.15, 0.2) is 51.8 Å². The van der Waals surface area contributed by atoms with E-state index in [2.05, 4.69) is 27.5 Å². The quantitative estimate of drug-likeness (QED) is 0.105. The highest BCUT2D eigenvalue weighted by Gasteiger charge is 2.18. The lowest BCUT2D eigenvalue weighted by Gasteiger charge is -2.17. The molecule has 0 aromatic carbocycles. The molecular formula is C32H48N4O6. The highest BCUT2D eigenvalue weighted by Crippen LogP contribution is 2.17. The van der Waals surface area contributed by atoms with Crippen molar-refractivity contribution in [2.45, 2.75) is 116 Å². The van der Waals surface area contributed by atoms with Crippen LogP contribution in [0.5, 0.6) is 11.8 Å². The van der Waals surface area contributed by atoms with Crippen molar-refractivity contribution in [3.8, 4) is 11.8 Å². The van der Waals surface area contributed by atoms with Crippen LogP contribution in [0.2, 0.25) is 0 Å². The van der Waals surface area contributed by atoms with Gasteiger partial charge >= 0.3 is 6.09 Å². The normalized spacial score (nSPS) is 11.7. The van der Waals surface area contributed by atoms with E-state index in [1.165, 1.54) is 89.7 Å². The van der Waals surface area contributed by atoms with Crippen molar-refractivity contribution in [2.75, 3.05) is 13.2 Å². The average molecular weight is 585 g/mol. The van der Waals surface area contributed by atoms with Crippen molar-refractivity contribution in [1.29, 1.82) is 0 Å². The predicted molar refractivity (Wildman–Crippen MR) is 159 cm³/mol. The second-order valence-electron chi connectivity index (χ2n) is 10.6. The van der Waals surface area contributed by atoms with E-state index >= 15 is 0 Å². The number of amides is 1. The van der Waals surface area contributed by atoms with E-state index in [4.69, 9.17) is 23.3 Å². The molecule has 0 aliphatic rings. The molecule has 42 heavy (non-hydrogen) atoms. The van der Waals surface area contributed by atoms with Gasteiger partial charge in [-0.25, -0.2) is 4.79 Å². The van der Waals surface area contributed by atoms with Crippen molar-refractivity contribution >= 4 is 6.09 Å². The van der Waals surface area contributed by atoms with Crippen LogP contribution in [0, 0.1) is 0 Å². The summed E-state index contributed by atoms with van der Waals surface area (Å²) >= 11 is 0. The largest absolute Gasteiger partial charge is 0.471 e. The number of nitrogens with one attached hydrogen (secondary N) is 1. The number of carbonyl (C=O) groups is 1. The maximum atomic E-state index is 12.2. The minimum absolute atomic E-state index is 0.0648. The summed E-state index contributed by atoms with van der Waals surface area (Å²) in [5, 5.41) is 10.4. The number of carbonyl (C=O) groups excluding carboxylic acids is 1. The Labute approximate surface area is 249 Å². The van der Waals surface area contributed by atoms with E-state index in [0.717, 1.165) is 24.3 Å². The van der Waals surface area contributed by atoms with Crippen LogP contribution < -0.4 is 14.8 Å². The fourth-order valence-corrected chi connectivity index (χ4v) is 4.59. The fourth-order valence-electron chi connectivity index (χ4n) is 4.59. The lowest BCUT2D eigenvalue weighted by molar-refractivity contribution is 0.0470. The fraction of sp³-hybridized carbons (Fsp3) is 0.625. The van der Waals surface area contributed by atoms with Gasteiger partial charge in [-0.1, -0.05) is 96.5 Å². The van der Waals surface area contributed by atoms with Gasteiger partial charge in [0.25, 0.3) is 11.8 Å². The van der Waals surface area contributed by atoms with Crippen LogP contribution in [0.3, 0.4) is 0 Å². The van der Waals surface area contributed by atoms with Gasteiger partial charge in [-0.3, -0.25) is 4.98 Å². The van der Waals surface area contributed by atoms with Gasteiger partial charge in [-0.15, -0.1) is 0 Å². The highest BCUT2D eigenvalue weighted by molar-refractivity contribution is 5.67. The number of hydrogen-bond acceptors (Lipinski definition) is 9. The van der Waals surface area contributed by atoms with Crippen molar-refractivity contribution in [1.82, 2.24) is 20.6 Å². The molecule has 3 rings (SSSR count). The number of rotatable bonds is 24. The Morgan fingerprint density at radius 1 is 0.857 bits per heavy atom. The minimum Gasteiger partial charge on any atom is -0.471 e. The van der Waals surface area contributed by atoms with Crippen LogP contribution in [-0.4, -0.2) is 40.7 Å². The standard InChI is InChI=1S/C32H48N4O6/c1-2-3-4-5-6-7-8-9-10-11-12-13-14-15-19-28-23-31(36-42-28)38-25-29(41-30-20-22-40-35-30)26-39-32(37)34-24-27-18-16-17-21-33-27/h16-18,20-23,29H,2-15,19,24-26H2,1H3,(H,34,37). The van der Waals surface area contributed by atoms with Gasteiger partial charge in [0.05, 0.1) is 12.2 Å². The van der Waals surface area contributed by atoms with Crippen LogP contribution in [0.1, 0.15) is 108 Å². The summed E-state index contributed by atoms with van der Waals surface area (Å²) in [7, 11) is 0. The molecule has 0 aliphatic carbocycles. The molecule has 10 nitrogen and oxygen atoms in total. The van der Waals surface area contributed by atoms with Gasteiger partial charge in [0.2, 0.25) is 0 Å². The molecule has 0 aliphatic heterocycles. The Balaban J connectivity index is 1.25. The first-order valence-corrected chi connectivity index (χ1v) is 15.7. The third kappa shape index (κ3) is 14.9. The molecule has 0 radical (unpaired) electrons. The summed E-state index contributed by atoms with van der Waals surface area (Å²) in [5.41, 5.74) is 0.726. The second kappa shape index (κ2) is 21.2. The molecule has 232 valence electrons. The van der Waals surface area contributed by atoms with E-state index in [1.807, 2.05) is 18.2 Å². The van der Waals surface area contributed by atoms with Crippen LogP contribution in [0.25, 0.3) is 0 Å². The van der Waals surface area contributed by atoms with E-state index in [1.54, 1.807) is 18.3 Å². The van der Waals surface area contributed by atoms with Gasteiger partial charge < -0.3 is 28.6 Å². The topological polar surface area (TPSA) is 122 Å². The highest BCUT2D eigenvalue weighted by atomic mass is 16.6. The molecule has 10 heteroatoms. The van der Waals surface area contributed by atoms with Crippen molar-refractivity contribution in [3.05, 3.63) is 54.2 Å². The SMILES string of the molecule is CCCCCCCCCCCCCCCCc1cc(OCC(COC(=O)NCc2ccccn2)Oc2ccon2)no1. The monoisotopic (exact) mass is 584 g/mol. The summed E-state index contributed by atoms with van der Waals surface area (Å²) in [4.78, 5) is 16.3. The van der Waals surface area contributed by atoms with Crippen LogP contribution >= 0.6 is 0 Å². The number of aromatic nitrogens is 3. The molecule has 3 aromatic heterocycles. The zero-order chi connectivity index (χ0) is 29.5. The van der Waals surface area contributed by atoms with Gasteiger partial charge in [-0.2, -0.15) is 0 Å². The van der Waals surface area contributed by atoms with Crippen molar-refractivity contribution < 1.29 is 28.1 Å². The zero-order valence-electron chi connectivity index (χ0n) is 25.1. The molecule has 1 atom stereocenters. The molecule has 1 amide bonds. The lowest BCUT2D eigenvalue weighted by atomic mass is 10.0. The number of ether oxygens (including phenoxy) is 3. The molecular weight excluding hydrogens is 536 g/mol. The molecule has 1 unspecified atom stereocenters. The number of pyridine rings is 1.